The number of unbranched alkanes of at least 4 members (excludes halogenated alkanes) is 1. The molecule has 0 aromatic carbocycles. The molecule has 0 radical (unpaired) electrons. The van der Waals surface area contributed by atoms with E-state index in [1.807, 2.05) is 6.08 Å². The van der Waals surface area contributed by atoms with Gasteiger partial charge in [-0.25, -0.2) is 0 Å². The Bertz CT molecular complexity index is 81.3. The van der Waals surface area contributed by atoms with Gasteiger partial charge in [0.25, 0.3) is 0 Å². The monoisotopic (exact) mass is 144 g/mol. The molecule has 2 nitrogen and oxygen atoms in total. The zero-order valence-electron chi connectivity index (χ0n) is 6.55. The minimum atomic E-state index is -0.301. The molecule has 0 heterocycles. The highest BCUT2D eigenvalue weighted by atomic mass is 16.5. The zero-order chi connectivity index (χ0) is 7.82. The second kappa shape index (κ2) is 6.78. The molecule has 0 aromatic rings. The van der Waals surface area contributed by atoms with E-state index >= 15 is 0 Å². The molecule has 1 atom stereocenters. The van der Waals surface area contributed by atoms with Crippen LogP contribution in [0.1, 0.15) is 19.3 Å². The Hall–Kier alpha value is -0.340. The number of rotatable bonds is 6. The summed E-state index contributed by atoms with van der Waals surface area (Å²) in [4.78, 5) is 0. The van der Waals surface area contributed by atoms with Gasteiger partial charge in [0.05, 0.1) is 12.7 Å². The van der Waals surface area contributed by atoms with E-state index < -0.39 is 0 Å². The van der Waals surface area contributed by atoms with Gasteiger partial charge in [-0.2, -0.15) is 0 Å². The Morgan fingerprint density at radius 2 is 2.40 bits per heavy atom. The fourth-order valence-electron chi connectivity index (χ4n) is 0.774. The van der Waals surface area contributed by atoms with Crippen LogP contribution in [0.3, 0.4) is 0 Å². The minimum Gasteiger partial charge on any atom is -0.391 e. The first-order chi connectivity index (χ1) is 4.81. The van der Waals surface area contributed by atoms with Crippen molar-refractivity contribution in [2.75, 3.05) is 13.7 Å². The maximum atomic E-state index is 9.12. The highest BCUT2D eigenvalue weighted by molar-refractivity contribution is 4.67. The molecule has 0 saturated heterocycles. The lowest BCUT2D eigenvalue weighted by Crippen LogP contribution is -2.13. The number of hydrogen-bond acceptors (Lipinski definition) is 2. The summed E-state index contributed by atoms with van der Waals surface area (Å²) in [7, 11) is 1.59. The average molecular weight is 144 g/mol. The van der Waals surface area contributed by atoms with Gasteiger partial charge in [-0.1, -0.05) is 6.08 Å². The standard InChI is InChI=1S/C8H16O2/c1-3-4-5-6-8(9)7-10-2/h3,8-9H,1,4-7H2,2H3. The van der Waals surface area contributed by atoms with Crippen molar-refractivity contribution in [1.82, 2.24) is 0 Å². The Morgan fingerprint density at radius 1 is 1.70 bits per heavy atom. The van der Waals surface area contributed by atoms with Crippen LogP contribution in [0.25, 0.3) is 0 Å². The first-order valence-corrected chi connectivity index (χ1v) is 3.59. The van der Waals surface area contributed by atoms with Crippen molar-refractivity contribution >= 4 is 0 Å². The number of ether oxygens (including phenoxy) is 1. The van der Waals surface area contributed by atoms with Crippen LogP contribution in [0.5, 0.6) is 0 Å². The predicted octanol–water partition coefficient (Wildman–Crippen LogP) is 1.35. The van der Waals surface area contributed by atoms with Gasteiger partial charge in [0.15, 0.2) is 0 Å². The maximum absolute atomic E-state index is 9.12. The largest absolute Gasteiger partial charge is 0.391 e. The van der Waals surface area contributed by atoms with Crippen molar-refractivity contribution in [3.05, 3.63) is 12.7 Å². The Kier molecular flexibility index (Phi) is 6.55. The van der Waals surface area contributed by atoms with Crippen LogP contribution in [0, 0.1) is 0 Å². The molecule has 0 aliphatic heterocycles. The minimum absolute atomic E-state index is 0.301. The molecule has 1 unspecified atom stereocenters. The van der Waals surface area contributed by atoms with E-state index in [-0.39, 0.29) is 6.10 Å². The number of aliphatic hydroxyl groups excluding tert-OH is 1. The Morgan fingerprint density at radius 3 is 2.90 bits per heavy atom. The van der Waals surface area contributed by atoms with E-state index in [4.69, 9.17) is 9.84 Å². The van der Waals surface area contributed by atoms with Crippen LogP contribution in [0.15, 0.2) is 12.7 Å². The first kappa shape index (κ1) is 9.66. The smallest absolute Gasteiger partial charge is 0.0773 e. The van der Waals surface area contributed by atoms with Crippen LogP contribution in [-0.4, -0.2) is 24.9 Å². The molecular formula is C8H16O2. The molecule has 2 heteroatoms. The van der Waals surface area contributed by atoms with Crippen LogP contribution >= 0.6 is 0 Å². The van der Waals surface area contributed by atoms with Gasteiger partial charge in [-0.05, 0) is 19.3 Å². The molecule has 1 N–H and O–H groups in total. The Labute approximate surface area is 62.5 Å². The molecule has 10 heavy (non-hydrogen) atoms. The van der Waals surface area contributed by atoms with E-state index in [1.54, 1.807) is 7.11 Å². The number of aliphatic hydroxyl groups is 1. The van der Waals surface area contributed by atoms with E-state index in [0.29, 0.717) is 6.61 Å². The van der Waals surface area contributed by atoms with Gasteiger partial charge >= 0.3 is 0 Å². The summed E-state index contributed by atoms with van der Waals surface area (Å²) >= 11 is 0. The van der Waals surface area contributed by atoms with Gasteiger partial charge in [-0.15, -0.1) is 6.58 Å². The summed E-state index contributed by atoms with van der Waals surface area (Å²) < 4.78 is 4.76. The molecule has 0 bridgehead atoms. The number of allylic oxidation sites excluding steroid dienone is 1. The molecule has 0 amide bonds. The lowest BCUT2D eigenvalue weighted by molar-refractivity contribution is 0.0582. The van der Waals surface area contributed by atoms with Crippen LogP contribution in [-0.2, 0) is 4.74 Å². The normalized spacial score (nSPS) is 13.0. The zero-order valence-corrected chi connectivity index (χ0v) is 6.55. The third-order valence-corrected chi connectivity index (χ3v) is 1.30. The lowest BCUT2D eigenvalue weighted by atomic mass is 10.1. The molecule has 0 saturated carbocycles. The van der Waals surface area contributed by atoms with Crippen molar-refractivity contribution in [3.8, 4) is 0 Å². The SMILES string of the molecule is C=CCCCC(O)COC. The summed E-state index contributed by atoms with van der Waals surface area (Å²) in [5.74, 6) is 0. The van der Waals surface area contributed by atoms with Gasteiger partial charge in [0.2, 0.25) is 0 Å². The van der Waals surface area contributed by atoms with Crippen LogP contribution in [0.4, 0.5) is 0 Å². The molecule has 0 rings (SSSR count). The molecule has 0 aliphatic rings. The summed E-state index contributed by atoms with van der Waals surface area (Å²) in [6, 6.07) is 0. The summed E-state index contributed by atoms with van der Waals surface area (Å²) in [5, 5.41) is 9.12. The Balaban J connectivity index is 3.04. The number of methoxy groups -OCH3 is 1. The lowest BCUT2D eigenvalue weighted by Gasteiger charge is -2.06. The fraction of sp³-hybridized carbons (Fsp3) is 0.750. The second-order valence-electron chi connectivity index (χ2n) is 2.33. The highest BCUT2D eigenvalue weighted by Crippen LogP contribution is 2.00. The molecule has 0 aliphatic carbocycles. The molecule has 0 aromatic heterocycles. The summed E-state index contributed by atoms with van der Waals surface area (Å²) in [6.07, 6.45) is 4.33. The fourth-order valence-corrected chi connectivity index (χ4v) is 0.774. The first-order valence-electron chi connectivity index (χ1n) is 3.59. The maximum Gasteiger partial charge on any atom is 0.0773 e. The van der Waals surface area contributed by atoms with E-state index in [1.165, 1.54) is 0 Å². The van der Waals surface area contributed by atoms with Crippen LogP contribution < -0.4 is 0 Å². The van der Waals surface area contributed by atoms with Gasteiger partial charge in [0, 0.05) is 7.11 Å². The molecular weight excluding hydrogens is 128 g/mol. The summed E-state index contributed by atoms with van der Waals surface area (Å²) in [6.45, 7) is 4.03. The van der Waals surface area contributed by atoms with Gasteiger partial charge < -0.3 is 9.84 Å². The summed E-state index contributed by atoms with van der Waals surface area (Å²) in [5.41, 5.74) is 0. The van der Waals surface area contributed by atoms with Gasteiger partial charge in [0.1, 0.15) is 0 Å². The van der Waals surface area contributed by atoms with Crippen molar-refractivity contribution in [3.63, 3.8) is 0 Å². The molecule has 0 fully saturated rings. The van der Waals surface area contributed by atoms with Crippen molar-refractivity contribution in [1.29, 1.82) is 0 Å². The van der Waals surface area contributed by atoms with E-state index in [9.17, 15) is 0 Å². The number of hydrogen-bond donors (Lipinski definition) is 1. The van der Waals surface area contributed by atoms with Crippen molar-refractivity contribution < 1.29 is 9.84 Å². The highest BCUT2D eigenvalue weighted by Gasteiger charge is 2.00. The second-order valence-corrected chi connectivity index (χ2v) is 2.33. The molecule has 0 spiro atoms. The van der Waals surface area contributed by atoms with Crippen LogP contribution in [0.2, 0.25) is 0 Å². The van der Waals surface area contributed by atoms with Crippen molar-refractivity contribution in [2.24, 2.45) is 0 Å². The molecule has 60 valence electrons. The predicted molar refractivity (Wildman–Crippen MR) is 41.9 cm³/mol. The van der Waals surface area contributed by atoms with Gasteiger partial charge in [-0.3, -0.25) is 0 Å². The quantitative estimate of drug-likeness (QED) is 0.450. The topological polar surface area (TPSA) is 29.5 Å². The third-order valence-electron chi connectivity index (χ3n) is 1.30. The third kappa shape index (κ3) is 5.79. The van der Waals surface area contributed by atoms with E-state index in [0.717, 1.165) is 19.3 Å². The average Bonchev–Trinajstić information content (AvgIpc) is 1.89. The van der Waals surface area contributed by atoms with Crippen molar-refractivity contribution in [2.45, 2.75) is 25.4 Å². The van der Waals surface area contributed by atoms with E-state index in [2.05, 4.69) is 6.58 Å².